The molecule has 0 fully saturated rings. The molecule has 4 rings (SSSR count). The van der Waals surface area contributed by atoms with E-state index in [1.54, 1.807) is 41.4 Å². The molecule has 2 amide bonds. The fourth-order valence-corrected chi connectivity index (χ4v) is 3.63. The van der Waals surface area contributed by atoms with Crippen LogP contribution in [-0.2, 0) is 17.8 Å². The molecular weight excluding hydrogens is 390 g/mol. The monoisotopic (exact) mass is 413 g/mol. The lowest BCUT2D eigenvalue weighted by molar-refractivity contribution is -0.125. The molecule has 0 spiro atoms. The number of phenols is 1. The van der Waals surface area contributed by atoms with Crippen LogP contribution in [0.4, 0.5) is 0 Å². The predicted octanol–water partition coefficient (Wildman–Crippen LogP) is 3.42. The summed E-state index contributed by atoms with van der Waals surface area (Å²) in [5.41, 5.74) is 6.96. The van der Waals surface area contributed by atoms with Gasteiger partial charge in [0, 0.05) is 18.5 Å². The van der Waals surface area contributed by atoms with Crippen LogP contribution in [0.3, 0.4) is 0 Å². The average molecular weight is 413 g/mol. The summed E-state index contributed by atoms with van der Waals surface area (Å²) in [6.07, 6.45) is 1.89. The molecule has 1 heterocycles. The van der Waals surface area contributed by atoms with Gasteiger partial charge in [0.25, 0.3) is 11.8 Å². The van der Waals surface area contributed by atoms with E-state index in [4.69, 9.17) is 0 Å². The van der Waals surface area contributed by atoms with Crippen molar-refractivity contribution >= 4 is 18.0 Å². The smallest absolute Gasteiger partial charge is 0.263 e. The Morgan fingerprint density at radius 1 is 1.10 bits per heavy atom. The Morgan fingerprint density at radius 3 is 2.52 bits per heavy atom. The van der Waals surface area contributed by atoms with Gasteiger partial charge in [-0.3, -0.25) is 9.59 Å². The third-order valence-corrected chi connectivity index (χ3v) is 5.36. The summed E-state index contributed by atoms with van der Waals surface area (Å²) in [5.74, 6) is -0.383. The van der Waals surface area contributed by atoms with E-state index in [0.29, 0.717) is 18.5 Å². The number of fused-ring (bicyclic) bond motifs is 1. The number of benzene rings is 3. The first-order valence-electron chi connectivity index (χ1n) is 10.1. The third kappa shape index (κ3) is 4.64. The predicted molar refractivity (Wildman–Crippen MR) is 119 cm³/mol. The van der Waals surface area contributed by atoms with E-state index in [-0.39, 0.29) is 17.6 Å². The van der Waals surface area contributed by atoms with Gasteiger partial charge in [0.2, 0.25) is 0 Å². The summed E-state index contributed by atoms with van der Waals surface area (Å²) in [7, 11) is 0. The van der Waals surface area contributed by atoms with Crippen LogP contribution in [0, 0.1) is 6.92 Å². The second-order valence-electron chi connectivity index (χ2n) is 7.62. The minimum atomic E-state index is -0.736. The number of aryl methyl sites for hydroxylation is 1. The number of hydrazone groups is 1. The van der Waals surface area contributed by atoms with Crippen LogP contribution >= 0.6 is 0 Å². The average Bonchev–Trinajstić information content (AvgIpc) is 3.11. The first-order valence-corrected chi connectivity index (χ1v) is 10.1. The number of hydrogen-bond donors (Lipinski definition) is 2. The molecule has 1 aliphatic heterocycles. The van der Waals surface area contributed by atoms with E-state index < -0.39 is 6.04 Å². The summed E-state index contributed by atoms with van der Waals surface area (Å²) < 4.78 is 0. The zero-order valence-electron chi connectivity index (χ0n) is 17.2. The van der Waals surface area contributed by atoms with Gasteiger partial charge in [0.15, 0.2) is 0 Å². The van der Waals surface area contributed by atoms with E-state index in [9.17, 15) is 14.7 Å². The van der Waals surface area contributed by atoms with Crippen molar-refractivity contribution in [3.63, 3.8) is 0 Å². The number of carbonyl (C=O) groups is 2. The molecule has 3 aromatic carbocycles. The molecule has 0 saturated carbocycles. The molecule has 2 N–H and O–H groups in total. The van der Waals surface area contributed by atoms with Crippen molar-refractivity contribution in [2.24, 2.45) is 5.10 Å². The molecule has 0 aromatic heterocycles. The van der Waals surface area contributed by atoms with E-state index in [0.717, 1.165) is 22.3 Å². The van der Waals surface area contributed by atoms with Crippen molar-refractivity contribution in [1.82, 2.24) is 10.3 Å². The Hall–Kier alpha value is -3.93. The summed E-state index contributed by atoms with van der Waals surface area (Å²) in [5, 5.41) is 13.6. The van der Waals surface area contributed by atoms with Gasteiger partial charge < -0.3 is 10.0 Å². The van der Waals surface area contributed by atoms with Gasteiger partial charge >= 0.3 is 0 Å². The number of carbonyl (C=O) groups excluding carboxylic acids is 2. The fourth-order valence-electron chi connectivity index (χ4n) is 3.63. The van der Waals surface area contributed by atoms with E-state index in [2.05, 4.69) is 10.5 Å². The van der Waals surface area contributed by atoms with E-state index in [1.165, 1.54) is 0 Å². The Balaban J connectivity index is 1.54. The standard InChI is InChI=1S/C25H23N3O3/c1-17-6-8-19(9-7-17)15-26-27-24(30)23(14-18-10-12-21(29)13-11-18)28-16-20-4-2-3-5-22(20)25(28)31/h2-13,15,23,29H,14,16H2,1H3,(H,27,30)/b26-15-/t23-/m0/s1. The van der Waals surface area contributed by atoms with Crippen LogP contribution in [0.15, 0.2) is 77.9 Å². The Kier molecular flexibility index (Phi) is 5.80. The van der Waals surface area contributed by atoms with Gasteiger partial charge in [-0.25, -0.2) is 5.43 Å². The van der Waals surface area contributed by atoms with Crippen molar-refractivity contribution in [2.75, 3.05) is 0 Å². The number of nitrogens with zero attached hydrogens (tertiary/aromatic N) is 2. The third-order valence-electron chi connectivity index (χ3n) is 5.36. The van der Waals surface area contributed by atoms with Gasteiger partial charge in [-0.2, -0.15) is 5.10 Å². The van der Waals surface area contributed by atoms with Crippen LogP contribution in [-0.4, -0.2) is 34.1 Å². The molecule has 3 aromatic rings. The van der Waals surface area contributed by atoms with Crippen molar-refractivity contribution in [2.45, 2.75) is 25.9 Å². The van der Waals surface area contributed by atoms with Gasteiger partial charge in [0.05, 0.1) is 6.21 Å². The zero-order valence-corrected chi connectivity index (χ0v) is 17.2. The van der Waals surface area contributed by atoms with Gasteiger partial charge in [-0.15, -0.1) is 0 Å². The number of amides is 2. The summed E-state index contributed by atoms with van der Waals surface area (Å²) >= 11 is 0. The molecular formula is C25H23N3O3. The van der Waals surface area contributed by atoms with Crippen LogP contribution in [0.5, 0.6) is 5.75 Å². The lowest BCUT2D eigenvalue weighted by atomic mass is 10.0. The molecule has 6 nitrogen and oxygen atoms in total. The van der Waals surface area contributed by atoms with Crippen LogP contribution in [0.1, 0.15) is 32.6 Å². The minimum absolute atomic E-state index is 0.150. The Morgan fingerprint density at radius 2 is 1.81 bits per heavy atom. The largest absolute Gasteiger partial charge is 0.508 e. The second kappa shape index (κ2) is 8.83. The quantitative estimate of drug-likeness (QED) is 0.480. The zero-order chi connectivity index (χ0) is 21.8. The first kappa shape index (κ1) is 20.3. The highest BCUT2D eigenvalue weighted by atomic mass is 16.3. The maximum atomic E-state index is 13.1. The number of nitrogens with one attached hydrogen (secondary N) is 1. The van der Waals surface area contributed by atoms with Crippen molar-refractivity contribution in [1.29, 1.82) is 0 Å². The molecule has 0 unspecified atom stereocenters. The number of rotatable bonds is 6. The summed E-state index contributed by atoms with van der Waals surface area (Å²) in [6.45, 7) is 2.37. The SMILES string of the molecule is Cc1ccc(/C=N\NC(=O)[C@H](Cc2ccc(O)cc2)N2Cc3ccccc3C2=O)cc1. The summed E-state index contributed by atoms with van der Waals surface area (Å²) in [6, 6.07) is 21.1. The molecule has 1 aliphatic rings. The summed E-state index contributed by atoms with van der Waals surface area (Å²) in [4.78, 5) is 27.6. The van der Waals surface area contributed by atoms with Crippen molar-refractivity contribution in [3.8, 4) is 5.75 Å². The molecule has 1 atom stereocenters. The van der Waals surface area contributed by atoms with Crippen LogP contribution in [0.25, 0.3) is 0 Å². The maximum Gasteiger partial charge on any atom is 0.263 e. The van der Waals surface area contributed by atoms with E-state index in [1.807, 2.05) is 49.4 Å². The highest BCUT2D eigenvalue weighted by Crippen LogP contribution is 2.26. The topological polar surface area (TPSA) is 82.0 Å². The highest BCUT2D eigenvalue weighted by molar-refractivity contribution is 6.01. The van der Waals surface area contributed by atoms with Crippen LogP contribution < -0.4 is 5.43 Å². The van der Waals surface area contributed by atoms with Gasteiger partial charge in [-0.1, -0.05) is 60.2 Å². The minimum Gasteiger partial charge on any atom is -0.508 e. The first-order chi connectivity index (χ1) is 15.0. The number of aromatic hydroxyl groups is 1. The molecule has 0 aliphatic carbocycles. The fraction of sp³-hybridized carbons (Fsp3) is 0.160. The van der Waals surface area contributed by atoms with Gasteiger partial charge in [0.1, 0.15) is 11.8 Å². The molecule has 6 heteroatoms. The van der Waals surface area contributed by atoms with Crippen molar-refractivity contribution in [3.05, 3.63) is 101 Å². The van der Waals surface area contributed by atoms with E-state index >= 15 is 0 Å². The van der Waals surface area contributed by atoms with Crippen LogP contribution in [0.2, 0.25) is 0 Å². The molecule has 0 radical (unpaired) electrons. The molecule has 31 heavy (non-hydrogen) atoms. The second-order valence-corrected chi connectivity index (χ2v) is 7.62. The Labute approximate surface area is 180 Å². The normalized spacial score (nSPS) is 14.0. The lowest BCUT2D eigenvalue weighted by Gasteiger charge is -2.26. The molecule has 156 valence electrons. The Bertz CT molecular complexity index is 1120. The molecule has 0 saturated heterocycles. The lowest BCUT2D eigenvalue weighted by Crippen LogP contribution is -2.47. The maximum absolute atomic E-state index is 13.1. The highest BCUT2D eigenvalue weighted by Gasteiger charge is 2.36. The number of phenolic OH excluding ortho intramolecular Hbond substituents is 1. The van der Waals surface area contributed by atoms with Crippen molar-refractivity contribution < 1.29 is 14.7 Å². The molecule has 0 bridgehead atoms. The number of hydrogen-bond acceptors (Lipinski definition) is 4. The van der Waals surface area contributed by atoms with Gasteiger partial charge in [-0.05, 0) is 41.8 Å².